The maximum absolute atomic E-state index is 9.94. The number of hydrogen-bond acceptors (Lipinski definition) is 5. The first-order valence-electron chi connectivity index (χ1n) is 10.6. The lowest BCUT2D eigenvalue weighted by atomic mass is 10.0. The van der Waals surface area contributed by atoms with Gasteiger partial charge in [-0.15, -0.1) is 0 Å². The van der Waals surface area contributed by atoms with Gasteiger partial charge in [0.25, 0.3) is 0 Å². The van der Waals surface area contributed by atoms with Gasteiger partial charge in [-0.2, -0.15) is 0 Å². The van der Waals surface area contributed by atoms with Crippen molar-refractivity contribution in [3.8, 4) is 0 Å². The summed E-state index contributed by atoms with van der Waals surface area (Å²) < 4.78 is 10.8. The average molecular weight is 373 g/mol. The van der Waals surface area contributed by atoms with E-state index in [1.165, 1.54) is 64.2 Å². The van der Waals surface area contributed by atoms with Gasteiger partial charge in [-0.05, 0) is 18.9 Å². The van der Waals surface area contributed by atoms with E-state index in [1.807, 2.05) is 6.08 Å². The van der Waals surface area contributed by atoms with Crippen LogP contribution >= 0.6 is 0 Å². The van der Waals surface area contributed by atoms with Crippen molar-refractivity contribution in [1.29, 1.82) is 0 Å². The zero-order valence-corrected chi connectivity index (χ0v) is 16.5. The van der Waals surface area contributed by atoms with Gasteiger partial charge in [-0.25, -0.2) is 0 Å². The van der Waals surface area contributed by atoms with Crippen LogP contribution in [0.5, 0.6) is 0 Å². The van der Waals surface area contributed by atoms with E-state index in [1.54, 1.807) is 6.26 Å². The van der Waals surface area contributed by atoms with Crippen LogP contribution in [0, 0.1) is 0 Å². The largest absolute Gasteiger partial charge is 0.493 e. The molecule has 154 valence electrons. The van der Waals surface area contributed by atoms with E-state index in [2.05, 4.69) is 6.92 Å². The maximum Gasteiger partial charge on any atom is 0.154 e. The smallest absolute Gasteiger partial charge is 0.154 e. The first kappa shape index (κ1) is 23.4. The standard InChI is InChI=1S/C21H40O5/c1-2-3-4-5-6-7-8-9-10-11-12-13-14-15-25-21-19(16-22)26-17-18(23)20(21)24/h14-15,18-24H,2-13,16-17H2,1H3/b15-14+/t18-,19+,20+,21+/m1/s1. The Morgan fingerprint density at radius 2 is 1.50 bits per heavy atom. The second kappa shape index (κ2) is 15.4. The van der Waals surface area contributed by atoms with Crippen molar-refractivity contribution in [3.05, 3.63) is 12.3 Å². The zero-order chi connectivity index (χ0) is 19.0. The van der Waals surface area contributed by atoms with E-state index < -0.39 is 24.4 Å². The Labute approximate surface area is 159 Å². The molecule has 4 atom stereocenters. The van der Waals surface area contributed by atoms with Gasteiger partial charge in [-0.1, -0.05) is 71.1 Å². The lowest BCUT2D eigenvalue weighted by Crippen LogP contribution is -2.54. The van der Waals surface area contributed by atoms with Gasteiger partial charge in [0.15, 0.2) is 6.10 Å². The molecule has 26 heavy (non-hydrogen) atoms. The van der Waals surface area contributed by atoms with E-state index in [0.29, 0.717) is 0 Å². The summed E-state index contributed by atoms with van der Waals surface area (Å²) in [7, 11) is 0. The molecule has 1 aliphatic heterocycles. The summed E-state index contributed by atoms with van der Waals surface area (Å²) in [6.07, 6.45) is 15.7. The third-order valence-corrected chi connectivity index (χ3v) is 5.06. The third-order valence-electron chi connectivity index (χ3n) is 5.06. The van der Waals surface area contributed by atoms with Crippen LogP contribution in [-0.2, 0) is 9.47 Å². The highest BCUT2D eigenvalue weighted by Crippen LogP contribution is 2.19. The first-order valence-corrected chi connectivity index (χ1v) is 10.6. The molecule has 0 amide bonds. The molecule has 3 N–H and O–H groups in total. The van der Waals surface area contributed by atoms with Gasteiger partial charge in [0.2, 0.25) is 0 Å². The van der Waals surface area contributed by atoms with Gasteiger partial charge in [-0.3, -0.25) is 0 Å². The minimum atomic E-state index is -1.03. The highest BCUT2D eigenvalue weighted by Gasteiger charge is 2.39. The van der Waals surface area contributed by atoms with Crippen LogP contribution in [0.25, 0.3) is 0 Å². The fourth-order valence-electron chi connectivity index (χ4n) is 3.32. The zero-order valence-electron chi connectivity index (χ0n) is 16.5. The Bertz CT molecular complexity index is 345. The molecule has 0 saturated carbocycles. The third kappa shape index (κ3) is 9.91. The average Bonchev–Trinajstić information content (AvgIpc) is 2.65. The summed E-state index contributed by atoms with van der Waals surface area (Å²) in [4.78, 5) is 0. The Morgan fingerprint density at radius 3 is 2.08 bits per heavy atom. The van der Waals surface area contributed by atoms with Crippen molar-refractivity contribution >= 4 is 0 Å². The summed E-state index contributed by atoms with van der Waals surface area (Å²) in [5.41, 5.74) is 0. The van der Waals surface area contributed by atoms with Crippen molar-refractivity contribution in [2.45, 2.75) is 108 Å². The molecule has 1 heterocycles. The van der Waals surface area contributed by atoms with E-state index in [0.717, 1.165) is 12.8 Å². The van der Waals surface area contributed by atoms with E-state index in [9.17, 15) is 15.3 Å². The molecule has 1 fully saturated rings. The number of aliphatic hydroxyl groups is 3. The van der Waals surface area contributed by atoms with Crippen molar-refractivity contribution in [2.75, 3.05) is 13.2 Å². The van der Waals surface area contributed by atoms with Gasteiger partial charge in [0, 0.05) is 0 Å². The normalized spacial score (nSPS) is 26.5. The van der Waals surface area contributed by atoms with Crippen LogP contribution in [0.1, 0.15) is 84.0 Å². The van der Waals surface area contributed by atoms with E-state index in [-0.39, 0.29) is 13.2 Å². The monoisotopic (exact) mass is 372 g/mol. The summed E-state index contributed by atoms with van der Waals surface area (Å²) in [5, 5.41) is 28.8. The molecule has 0 unspecified atom stereocenters. The second-order valence-electron chi connectivity index (χ2n) is 7.41. The molecular formula is C21H40O5. The second-order valence-corrected chi connectivity index (χ2v) is 7.41. The quantitative estimate of drug-likeness (QED) is 0.302. The molecule has 5 heteroatoms. The van der Waals surface area contributed by atoms with E-state index >= 15 is 0 Å². The van der Waals surface area contributed by atoms with E-state index in [4.69, 9.17) is 9.47 Å². The number of hydrogen-bond donors (Lipinski definition) is 3. The summed E-state index contributed by atoms with van der Waals surface area (Å²) in [5.74, 6) is 0. The number of unbranched alkanes of at least 4 members (excludes halogenated alkanes) is 11. The fourth-order valence-corrected chi connectivity index (χ4v) is 3.32. The summed E-state index contributed by atoms with van der Waals surface area (Å²) in [6.45, 7) is 2.04. The Morgan fingerprint density at radius 1 is 0.923 bits per heavy atom. The van der Waals surface area contributed by atoms with Gasteiger partial charge in [0.05, 0.1) is 19.5 Å². The maximum atomic E-state index is 9.94. The number of aliphatic hydroxyl groups excluding tert-OH is 3. The van der Waals surface area contributed by atoms with Crippen LogP contribution < -0.4 is 0 Å². The molecule has 1 rings (SSSR count). The minimum Gasteiger partial charge on any atom is -0.493 e. The SMILES string of the molecule is CCCCCCCCCCCCC/C=C/O[C@@H]1[C@@H](O)[C@H](O)CO[C@H]1CO. The molecule has 0 aromatic carbocycles. The molecule has 0 spiro atoms. The molecule has 0 aromatic heterocycles. The highest BCUT2D eigenvalue weighted by atomic mass is 16.6. The topological polar surface area (TPSA) is 79.2 Å². The van der Waals surface area contributed by atoms with Crippen molar-refractivity contribution < 1.29 is 24.8 Å². The van der Waals surface area contributed by atoms with Crippen LogP contribution in [0.3, 0.4) is 0 Å². The molecule has 0 radical (unpaired) electrons. The van der Waals surface area contributed by atoms with Crippen LogP contribution in [0.15, 0.2) is 12.3 Å². The number of rotatable bonds is 15. The minimum absolute atomic E-state index is 0.0225. The number of ether oxygens (including phenoxy) is 2. The van der Waals surface area contributed by atoms with Crippen LogP contribution in [-0.4, -0.2) is 52.9 Å². The van der Waals surface area contributed by atoms with Crippen LogP contribution in [0.4, 0.5) is 0 Å². The van der Waals surface area contributed by atoms with Gasteiger partial charge >= 0.3 is 0 Å². The van der Waals surface area contributed by atoms with Gasteiger partial charge < -0.3 is 24.8 Å². The predicted octanol–water partition coefficient (Wildman–Crippen LogP) is 3.70. The molecule has 0 bridgehead atoms. The number of allylic oxidation sites excluding steroid dienone is 1. The van der Waals surface area contributed by atoms with Gasteiger partial charge in [0.1, 0.15) is 18.3 Å². The predicted molar refractivity (Wildman–Crippen MR) is 104 cm³/mol. The van der Waals surface area contributed by atoms with Crippen LogP contribution in [0.2, 0.25) is 0 Å². The fraction of sp³-hybridized carbons (Fsp3) is 0.905. The summed E-state index contributed by atoms with van der Waals surface area (Å²) >= 11 is 0. The Kier molecular flexibility index (Phi) is 13.9. The summed E-state index contributed by atoms with van der Waals surface area (Å²) in [6, 6.07) is 0. The highest BCUT2D eigenvalue weighted by molar-refractivity contribution is 4.89. The van der Waals surface area contributed by atoms with Crippen molar-refractivity contribution in [1.82, 2.24) is 0 Å². The van der Waals surface area contributed by atoms with Crippen molar-refractivity contribution in [2.24, 2.45) is 0 Å². The lowest BCUT2D eigenvalue weighted by Gasteiger charge is -2.36. The Hall–Kier alpha value is -0.620. The lowest BCUT2D eigenvalue weighted by molar-refractivity contribution is -0.197. The molecule has 0 aliphatic carbocycles. The van der Waals surface area contributed by atoms with Crippen molar-refractivity contribution in [3.63, 3.8) is 0 Å². The molecular weight excluding hydrogens is 332 g/mol. The molecule has 1 aliphatic rings. The Balaban J connectivity index is 1.97. The molecule has 0 aromatic rings. The molecule has 5 nitrogen and oxygen atoms in total. The first-order chi connectivity index (χ1) is 12.7. The molecule has 1 saturated heterocycles.